The highest BCUT2D eigenvalue weighted by Crippen LogP contribution is 2.13. The fourth-order valence-electron chi connectivity index (χ4n) is 3.70. The third-order valence-electron chi connectivity index (χ3n) is 5.54. The number of aromatic nitrogens is 4. The van der Waals surface area contributed by atoms with Crippen molar-refractivity contribution in [3.8, 4) is 0 Å². The smallest absolute Gasteiger partial charge is 0.333 e. The molecule has 186 valence electrons. The molecule has 0 N–H and O–H groups in total. The number of methoxy groups -OCH3 is 1. The van der Waals surface area contributed by atoms with Gasteiger partial charge in [-0.2, -0.15) is 0 Å². The van der Waals surface area contributed by atoms with Gasteiger partial charge in [0, 0.05) is 25.8 Å². The molecular weight excluding hydrogens is 470 g/mol. The van der Waals surface area contributed by atoms with Crippen LogP contribution in [0.25, 0.3) is 11.2 Å². The van der Waals surface area contributed by atoms with Gasteiger partial charge >= 0.3 is 11.7 Å². The van der Waals surface area contributed by atoms with Gasteiger partial charge in [-0.1, -0.05) is 30.3 Å². The number of fused-ring (bicyclic) bond motifs is 1. The van der Waals surface area contributed by atoms with Crippen LogP contribution in [0.3, 0.4) is 0 Å². The lowest BCUT2D eigenvalue weighted by molar-refractivity contribution is -0.384. The van der Waals surface area contributed by atoms with Crippen molar-refractivity contribution >= 4 is 22.8 Å². The summed E-state index contributed by atoms with van der Waals surface area (Å²) in [6.07, 6.45) is 1.46. The molecule has 0 saturated heterocycles. The van der Waals surface area contributed by atoms with Gasteiger partial charge in [-0.05, 0) is 23.3 Å². The second kappa shape index (κ2) is 10.8. The first kappa shape index (κ1) is 24.5. The van der Waals surface area contributed by atoms with E-state index >= 15 is 0 Å². The molecule has 2 heterocycles. The van der Waals surface area contributed by atoms with Crippen LogP contribution in [0.15, 0.2) is 70.5 Å². The van der Waals surface area contributed by atoms with E-state index in [4.69, 9.17) is 9.47 Å². The molecular formula is C24H23N5O7. The molecule has 0 unspecified atom stereocenters. The molecule has 0 radical (unpaired) electrons. The summed E-state index contributed by atoms with van der Waals surface area (Å²) in [6, 6.07) is 14.7. The van der Waals surface area contributed by atoms with Crippen LogP contribution in [-0.4, -0.2) is 43.3 Å². The number of carbonyl (C=O) groups excluding carboxylic acids is 1. The lowest BCUT2D eigenvalue weighted by Gasteiger charge is -2.13. The first-order valence-corrected chi connectivity index (χ1v) is 11.0. The van der Waals surface area contributed by atoms with Gasteiger partial charge in [0.2, 0.25) is 0 Å². The molecule has 0 bridgehead atoms. The molecule has 0 aliphatic carbocycles. The predicted octanol–water partition coefficient (Wildman–Crippen LogP) is 1.71. The van der Waals surface area contributed by atoms with E-state index in [1.807, 2.05) is 30.3 Å². The zero-order valence-electron chi connectivity index (χ0n) is 19.4. The maximum atomic E-state index is 13.3. The molecule has 36 heavy (non-hydrogen) atoms. The van der Waals surface area contributed by atoms with Crippen molar-refractivity contribution in [2.75, 3.05) is 13.7 Å². The van der Waals surface area contributed by atoms with Crippen LogP contribution >= 0.6 is 0 Å². The Morgan fingerprint density at radius 1 is 1.03 bits per heavy atom. The third kappa shape index (κ3) is 5.23. The lowest BCUT2D eigenvalue weighted by atomic mass is 10.2. The van der Waals surface area contributed by atoms with Crippen LogP contribution in [0.5, 0.6) is 0 Å². The second-order valence-electron chi connectivity index (χ2n) is 7.93. The monoisotopic (exact) mass is 493 g/mol. The number of nitrogens with zero attached hydrogens (tertiary/aromatic N) is 5. The Morgan fingerprint density at radius 3 is 2.42 bits per heavy atom. The Morgan fingerprint density at radius 2 is 1.75 bits per heavy atom. The van der Waals surface area contributed by atoms with Crippen molar-refractivity contribution in [1.29, 1.82) is 0 Å². The van der Waals surface area contributed by atoms with E-state index in [0.29, 0.717) is 18.7 Å². The van der Waals surface area contributed by atoms with Gasteiger partial charge in [0.1, 0.15) is 13.2 Å². The number of carbonyl (C=O) groups is 1. The van der Waals surface area contributed by atoms with E-state index in [0.717, 1.165) is 10.1 Å². The zero-order chi connectivity index (χ0) is 25.7. The number of hydrogen-bond donors (Lipinski definition) is 0. The van der Waals surface area contributed by atoms with E-state index in [9.17, 15) is 24.5 Å². The lowest BCUT2D eigenvalue weighted by Crippen LogP contribution is -2.42. The fraction of sp³-hybridized carbons (Fsp3) is 0.250. The van der Waals surface area contributed by atoms with Crippen molar-refractivity contribution in [3.05, 3.63) is 103 Å². The average Bonchev–Trinajstić information content (AvgIpc) is 3.31. The van der Waals surface area contributed by atoms with Crippen molar-refractivity contribution in [3.63, 3.8) is 0 Å². The van der Waals surface area contributed by atoms with Gasteiger partial charge in [-0.25, -0.2) is 14.3 Å². The van der Waals surface area contributed by atoms with Crippen molar-refractivity contribution in [2.45, 2.75) is 26.2 Å². The molecule has 0 aliphatic rings. The van der Waals surface area contributed by atoms with Gasteiger partial charge in [-0.15, -0.1) is 0 Å². The van der Waals surface area contributed by atoms with Gasteiger partial charge in [0.25, 0.3) is 11.2 Å². The number of nitro benzene ring substituents is 1. The van der Waals surface area contributed by atoms with Gasteiger partial charge in [0.15, 0.2) is 11.2 Å². The summed E-state index contributed by atoms with van der Waals surface area (Å²) < 4.78 is 14.1. The summed E-state index contributed by atoms with van der Waals surface area (Å²) in [5, 5.41) is 10.8. The number of nitro groups is 1. The summed E-state index contributed by atoms with van der Waals surface area (Å²) in [5.41, 5.74) is 0.273. The minimum absolute atomic E-state index is 0.0889. The minimum atomic E-state index is -0.805. The molecule has 12 nitrogen and oxygen atoms in total. The summed E-state index contributed by atoms with van der Waals surface area (Å²) in [4.78, 5) is 53.7. The maximum absolute atomic E-state index is 13.3. The summed E-state index contributed by atoms with van der Waals surface area (Å²) >= 11 is 0. The second-order valence-corrected chi connectivity index (χ2v) is 7.93. The average molecular weight is 493 g/mol. The first-order valence-electron chi connectivity index (χ1n) is 11.0. The summed E-state index contributed by atoms with van der Waals surface area (Å²) in [7, 11) is 1.53. The van der Waals surface area contributed by atoms with E-state index in [1.54, 1.807) is 4.57 Å². The zero-order valence-corrected chi connectivity index (χ0v) is 19.4. The largest absolute Gasteiger partial charge is 0.459 e. The normalized spacial score (nSPS) is 11.0. The van der Waals surface area contributed by atoms with Crippen LogP contribution in [0.4, 0.5) is 5.69 Å². The molecule has 12 heteroatoms. The molecule has 2 aromatic carbocycles. The molecule has 0 aliphatic heterocycles. The number of non-ortho nitro benzene ring substituents is 1. The Hall–Kier alpha value is -4.58. The number of ether oxygens (including phenoxy) is 2. The van der Waals surface area contributed by atoms with E-state index in [2.05, 4.69) is 4.98 Å². The highest BCUT2D eigenvalue weighted by molar-refractivity contribution is 5.72. The number of imidazole rings is 1. The Kier molecular flexibility index (Phi) is 7.35. The quantitative estimate of drug-likeness (QED) is 0.185. The third-order valence-corrected chi connectivity index (χ3v) is 5.54. The molecule has 4 aromatic rings. The van der Waals surface area contributed by atoms with Gasteiger partial charge < -0.3 is 14.0 Å². The number of benzene rings is 2. The van der Waals surface area contributed by atoms with Crippen LogP contribution in [0.1, 0.15) is 11.1 Å². The van der Waals surface area contributed by atoms with Crippen molar-refractivity contribution < 1.29 is 19.2 Å². The minimum Gasteiger partial charge on any atom is -0.459 e. The molecule has 0 atom stereocenters. The number of hydrogen-bond acceptors (Lipinski definition) is 8. The van der Waals surface area contributed by atoms with Crippen LogP contribution in [-0.2, 0) is 40.5 Å². The van der Waals surface area contributed by atoms with Crippen LogP contribution in [0.2, 0.25) is 0 Å². The fourth-order valence-corrected chi connectivity index (χ4v) is 3.70. The standard InChI is InChI=1S/C24H23N5O7/c1-35-12-11-26-16-25-22-21(26)23(31)28(24(32)27(22)13-17-5-3-2-4-6-17)14-20(30)36-15-18-7-9-19(10-8-18)29(33)34/h2-10,16H,11-15H2,1H3. The Labute approximate surface area is 204 Å². The molecule has 0 amide bonds. The van der Waals surface area contributed by atoms with E-state index in [1.165, 1.54) is 42.3 Å². The van der Waals surface area contributed by atoms with E-state index < -0.39 is 28.7 Å². The molecule has 4 rings (SSSR count). The van der Waals surface area contributed by atoms with E-state index in [-0.39, 0.29) is 30.0 Å². The SMILES string of the molecule is COCCn1cnc2c1c(=O)n(CC(=O)OCc1ccc([N+](=O)[O-])cc1)c(=O)n2Cc1ccccc1. The highest BCUT2D eigenvalue weighted by Gasteiger charge is 2.20. The highest BCUT2D eigenvalue weighted by atomic mass is 16.6. The maximum Gasteiger partial charge on any atom is 0.333 e. The van der Waals surface area contributed by atoms with Crippen molar-refractivity contribution in [2.24, 2.45) is 0 Å². The summed E-state index contributed by atoms with van der Waals surface area (Å²) in [5.74, 6) is -0.805. The Bertz CT molecular complexity index is 1500. The van der Waals surface area contributed by atoms with Crippen LogP contribution in [0, 0.1) is 10.1 Å². The van der Waals surface area contributed by atoms with Crippen LogP contribution < -0.4 is 11.2 Å². The number of esters is 1. The molecule has 2 aromatic heterocycles. The van der Waals surface area contributed by atoms with Crippen molar-refractivity contribution in [1.82, 2.24) is 18.7 Å². The molecule has 0 saturated carbocycles. The first-order chi connectivity index (χ1) is 17.4. The number of rotatable bonds is 10. The predicted molar refractivity (Wildman–Crippen MR) is 129 cm³/mol. The van der Waals surface area contributed by atoms with Gasteiger partial charge in [-0.3, -0.25) is 24.3 Å². The Balaban J connectivity index is 1.65. The van der Waals surface area contributed by atoms with Gasteiger partial charge in [0.05, 0.1) is 24.4 Å². The summed E-state index contributed by atoms with van der Waals surface area (Å²) in [6.45, 7) is 0.0224. The topological polar surface area (TPSA) is 140 Å². The molecule has 0 fully saturated rings. The molecule has 0 spiro atoms.